The average Bonchev–Trinajstić information content (AvgIpc) is 2.74. The average molecular weight is 382 g/mol. The second-order valence-electron chi connectivity index (χ2n) is 7.86. The van der Waals surface area contributed by atoms with E-state index in [1.165, 1.54) is 25.0 Å². The number of piperidine rings is 1. The molecule has 28 heavy (non-hydrogen) atoms. The molecule has 4 rings (SSSR count). The number of carbonyl (C=O) groups excluding carboxylic acids is 1. The molecule has 2 aliphatic heterocycles. The molecular weight excluding hydrogens is 355 g/mol. The molecule has 0 N–H and O–H groups in total. The molecule has 0 aliphatic carbocycles. The maximum Gasteiger partial charge on any atom is 0.255 e. The van der Waals surface area contributed by atoms with E-state index < -0.39 is 0 Å². The molecule has 0 spiro atoms. The molecule has 1 aromatic heterocycles. The molecule has 3 heterocycles. The van der Waals surface area contributed by atoms with Crippen LogP contribution >= 0.6 is 0 Å². The Kier molecular flexibility index (Phi) is 5.46. The Labute approximate surface area is 165 Å². The zero-order valence-corrected chi connectivity index (χ0v) is 16.4. The topological polar surface area (TPSA) is 39.7 Å². The first-order valence-corrected chi connectivity index (χ1v) is 10.1. The number of benzene rings is 1. The Balaban J connectivity index is 1.38. The molecule has 6 heteroatoms. The van der Waals surface area contributed by atoms with E-state index >= 15 is 0 Å². The first-order chi connectivity index (χ1) is 13.6. The van der Waals surface area contributed by atoms with Crippen molar-refractivity contribution in [1.82, 2.24) is 9.88 Å². The minimum atomic E-state index is -0.229. The van der Waals surface area contributed by atoms with Gasteiger partial charge in [-0.2, -0.15) is 0 Å². The van der Waals surface area contributed by atoms with Crippen molar-refractivity contribution in [3.05, 3.63) is 54.1 Å². The van der Waals surface area contributed by atoms with Gasteiger partial charge >= 0.3 is 0 Å². The van der Waals surface area contributed by atoms with E-state index in [1.807, 2.05) is 17.2 Å². The fraction of sp³-hybridized carbons (Fsp3) is 0.455. The Bertz CT molecular complexity index is 810. The summed E-state index contributed by atoms with van der Waals surface area (Å²) in [6.07, 6.45) is 5.90. The predicted octanol–water partition coefficient (Wildman–Crippen LogP) is 3.42. The van der Waals surface area contributed by atoms with Crippen LogP contribution in [-0.4, -0.2) is 55.1 Å². The molecule has 148 valence electrons. The third kappa shape index (κ3) is 4.11. The molecule has 1 amide bonds. The van der Waals surface area contributed by atoms with E-state index in [-0.39, 0.29) is 11.7 Å². The van der Waals surface area contributed by atoms with Crippen LogP contribution < -0.4 is 9.80 Å². The Morgan fingerprint density at radius 3 is 2.25 bits per heavy atom. The van der Waals surface area contributed by atoms with Crippen LogP contribution in [0.5, 0.6) is 0 Å². The van der Waals surface area contributed by atoms with Crippen LogP contribution in [0, 0.1) is 11.7 Å². The largest absolute Gasteiger partial charge is 0.370 e. The maximum atomic E-state index is 13.1. The van der Waals surface area contributed by atoms with Crippen molar-refractivity contribution < 1.29 is 9.18 Å². The molecule has 2 fully saturated rings. The number of nitrogens with zero attached hydrogens (tertiary/aromatic N) is 4. The SMILES string of the molecule is CC1CCN(c2cncc(C(=O)N3CCN(c4ccc(F)cc4)CC3)c2)CC1. The molecule has 0 saturated carbocycles. The van der Waals surface area contributed by atoms with Crippen molar-refractivity contribution in [3.8, 4) is 0 Å². The summed E-state index contributed by atoms with van der Waals surface area (Å²) in [4.78, 5) is 23.7. The number of aromatic nitrogens is 1. The van der Waals surface area contributed by atoms with Crippen molar-refractivity contribution in [2.24, 2.45) is 5.92 Å². The van der Waals surface area contributed by atoms with E-state index in [1.54, 1.807) is 18.3 Å². The lowest BCUT2D eigenvalue weighted by atomic mass is 9.99. The molecule has 5 nitrogen and oxygen atoms in total. The molecule has 2 aromatic rings. The maximum absolute atomic E-state index is 13.1. The lowest BCUT2D eigenvalue weighted by Gasteiger charge is -2.36. The number of piperazine rings is 1. The van der Waals surface area contributed by atoms with E-state index in [4.69, 9.17) is 0 Å². The zero-order chi connectivity index (χ0) is 19.5. The lowest BCUT2D eigenvalue weighted by Crippen LogP contribution is -2.48. The van der Waals surface area contributed by atoms with Crippen LogP contribution in [0.3, 0.4) is 0 Å². The summed E-state index contributed by atoms with van der Waals surface area (Å²) >= 11 is 0. The van der Waals surface area contributed by atoms with Gasteiger partial charge in [0, 0.05) is 51.2 Å². The number of anilines is 2. The van der Waals surface area contributed by atoms with Gasteiger partial charge in [0.1, 0.15) is 5.82 Å². The zero-order valence-electron chi connectivity index (χ0n) is 16.4. The van der Waals surface area contributed by atoms with Gasteiger partial charge in [-0.1, -0.05) is 6.92 Å². The first kappa shape index (κ1) is 18.7. The van der Waals surface area contributed by atoms with Gasteiger partial charge in [-0.25, -0.2) is 4.39 Å². The van der Waals surface area contributed by atoms with Crippen LogP contribution in [0.2, 0.25) is 0 Å². The summed E-state index contributed by atoms with van der Waals surface area (Å²) in [6, 6.07) is 8.52. The normalized spacial score (nSPS) is 18.4. The monoisotopic (exact) mass is 382 g/mol. The van der Waals surface area contributed by atoms with Gasteiger partial charge in [0.15, 0.2) is 0 Å². The van der Waals surface area contributed by atoms with Gasteiger partial charge in [0.2, 0.25) is 0 Å². The van der Waals surface area contributed by atoms with Crippen LogP contribution in [0.4, 0.5) is 15.8 Å². The van der Waals surface area contributed by atoms with Crippen LogP contribution in [0.1, 0.15) is 30.1 Å². The van der Waals surface area contributed by atoms with Crippen molar-refractivity contribution in [1.29, 1.82) is 0 Å². The number of hydrogen-bond donors (Lipinski definition) is 0. The van der Waals surface area contributed by atoms with Crippen molar-refractivity contribution in [2.45, 2.75) is 19.8 Å². The van der Waals surface area contributed by atoms with E-state index in [0.717, 1.165) is 43.5 Å². The summed E-state index contributed by atoms with van der Waals surface area (Å²) in [6.45, 7) is 7.14. The van der Waals surface area contributed by atoms with Gasteiger partial charge in [0.25, 0.3) is 5.91 Å². The number of halogens is 1. The highest BCUT2D eigenvalue weighted by Crippen LogP contribution is 2.24. The second kappa shape index (κ2) is 8.17. The highest BCUT2D eigenvalue weighted by Gasteiger charge is 2.24. The molecule has 2 saturated heterocycles. The highest BCUT2D eigenvalue weighted by molar-refractivity contribution is 5.95. The van der Waals surface area contributed by atoms with Gasteiger partial charge in [-0.3, -0.25) is 9.78 Å². The van der Waals surface area contributed by atoms with Gasteiger partial charge < -0.3 is 14.7 Å². The van der Waals surface area contributed by atoms with Gasteiger partial charge in [-0.05, 0) is 49.1 Å². The molecule has 2 aliphatic rings. The smallest absolute Gasteiger partial charge is 0.255 e. The summed E-state index contributed by atoms with van der Waals surface area (Å²) in [5.41, 5.74) is 2.70. The van der Waals surface area contributed by atoms with E-state index in [2.05, 4.69) is 21.7 Å². The molecule has 0 radical (unpaired) electrons. The van der Waals surface area contributed by atoms with Crippen LogP contribution in [0.25, 0.3) is 0 Å². The lowest BCUT2D eigenvalue weighted by molar-refractivity contribution is 0.0746. The minimum absolute atomic E-state index is 0.0403. The summed E-state index contributed by atoms with van der Waals surface area (Å²) in [7, 11) is 0. The fourth-order valence-corrected chi connectivity index (χ4v) is 3.99. The quantitative estimate of drug-likeness (QED) is 0.816. The molecule has 0 unspecified atom stereocenters. The predicted molar refractivity (Wildman–Crippen MR) is 109 cm³/mol. The highest BCUT2D eigenvalue weighted by atomic mass is 19.1. The third-order valence-electron chi connectivity index (χ3n) is 5.88. The molecule has 0 atom stereocenters. The number of amides is 1. The molecule has 1 aromatic carbocycles. The Morgan fingerprint density at radius 1 is 0.929 bits per heavy atom. The van der Waals surface area contributed by atoms with Crippen molar-refractivity contribution in [3.63, 3.8) is 0 Å². The number of pyridine rings is 1. The Hall–Kier alpha value is -2.63. The van der Waals surface area contributed by atoms with E-state index in [0.29, 0.717) is 18.7 Å². The third-order valence-corrected chi connectivity index (χ3v) is 5.88. The van der Waals surface area contributed by atoms with Gasteiger partial charge in [-0.15, -0.1) is 0 Å². The fourth-order valence-electron chi connectivity index (χ4n) is 3.99. The molecule has 0 bridgehead atoms. The second-order valence-corrected chi connectivity index (χ2v) is 7.86. The number of rotatable bonds is 3. The van der Waals surface area contributed by atoms with Crippen LogP contribution in [-0.2, 0) is 0 Å². The number of carbonyl (C=O) groups is 1. The minimum Gasteiger partial charge on any atom is -0.370 e. The summed E-state index contributed by atoms with van der Waals surface area (Å²) in [5, 5.41) is 0. The van der Waals surface area contributed by atoms with Crippen molar-refractivity contribution >= 4 is 17.3 Å². The van der Waals surface area contributed by atoms with Crippen molar-refractivity contribution in [2.75, 3.05) is 49.1 Å². The number of hydrogen-bond acceptors (Lipinski definition) is 4. The standard InChI is InChI=1S/C22H27FN4O/c1-17-6-8-25(9-7-17)21-14-18(15-24-16-21)22(28)27-12-10-26(11-13-27)20-4-2-19(23)3-5-20/h2-5,14-17H,6-13H2,1H3. The summed E-state index contributed by atoms with van der Waals surface area (Å²) < 4.78 is 13.1. The van der Waals surface area contributed by atoms with Crippen LogP contribution in [0.15, 0.2) is 42.7 Å². The summed E-state index contributed by atoms with van der Waals surface area (Å²) in [5.74, 6) is 0.581. The Morgan fingerprint density at radius 2 is 1.57 bits per heavy atom. The van der Waals surface area contributed by atoms with Gasteiger partial charge in [0.05, 0.1) is 17.4 Å². The molecular formula is C22H27FN4O. The van der Waals surface area contributed by atoms with E-state index in [9.17, 15) is 9.18 Å². The first-order valence-electron chi connectivity index (χ1n) is 10.1.